The standard InChI is InChI=1S/C20H21ClF4N4O4/c21-15-3-2-12(5-16(15)22)29-8-17(27-28-29)18-4-1-11(9-32-18)26-19(30)10-31-13-6-14(7-13)33-20(23,24)25/h2-3,5,8,11,13-14,18H,1,4,6-7,9-10H2,(H,26,30)/t11-,13?,14?,18+/m0/s1. The van der Waals surface area contributed by atoms with Crippen LogP contribution in [0.1, 0.15) is 37.5 Å². The number of amides is 1. The number of carbonyl (C=O) groups excluding carboxylic acids is 1. The van der Waals surface area contributed by atoms with Crippen molar-refractivity contribution in [2.45, 2.75) is 56.4 Å². The second-order valence-electron chi connectivity index (χ2n) is 7.94. The van der Waals surface area contributed by atoms with Gasteiger partial charge in [0.15, 0.2) is 0 Å². The van der Waals surface area contributed by atoms with Crippen LogP contribution in [0, 0.1) is 5.82 Å². The van der Waals surface area contributed by atoms with Gasteiger partial charge in [0.1, 0.15) is 24.2 Å². The fourth-order valence-corrected chi connectivity index (χ4v) is 3.80. The van der Waals surface area contributed by atoms with Crippen LogP contribution in [-0.4, -0.2) is 58.7 Å². The molecule has 2 aliphatic rings. The van der Waals surface area contributed by atoms with Crippen LogP contribution >= 0.6 is 11.6 Å². The van der Waals surface area contributed by atoms with Gasteiger partial charge in [0, 0.05) is 18.9 Å². The van der Waals surface area contributed by atoms with Crippen LogP contribution in [0.4, 0.5) is 17.6 Å². The van der Waals surface area contributed by atoms with Gasteiger partial charge < -0.3 is 14.8 Å². The van der Waals surface area contributed by atoms with Crippen LogP contribution in [0.25, 0.3) is 5.69 Å². The van der Waals surface area contributed by atoms with Gasteiger partial charge in [-0.05, 0) is 25.0 Å². The van der Waals surface area contributed by atoms with Gasteiger partial charge in [0.2, 0.25) is 5.91 Å². The monoisotopic (exact) mass is 492 g/mol. The molecule has 2 aromatic rings. The number of hydrogen-bond donors (Lipinski definition) is 1. The topological polar surface area (TPSA) is 87.5 Å². The molecule has 1 aromatic carbocycles. The minimum absolute atomic E-state index is 0.0144. The molecule has 2 atom stereocenters. The average molecular weight is 493 g/mol. The maximum absolute atomic E-state index is 13.7. The summed E-state index contributed by atoms with van der Waals surface area (Å²) in [6, 6.07) is 4.08. The van der Waals surface area contributed by atoms with E-state index in [-0.39, 0.29) is 49.1 Å². The molecule has 180 valence electrons. The molecule has 8 nitrogen and oxygen atoms in total. The van der Waals surface area contributed by atoms with Crippen molar-refractivity contribution in [1.82, 2.24) is 20.3 Å². The minimum atomic E-state index is -4.66. The van der Waals surface area contributed by atoms with Crippen LogP contribution in [-0.2, 0) is 19.0 Å². The molecular weight excluding hydrogens is 472 g/mol. The van der Waals surface area contributed by atoms with E-state index in [2.05, 4.69) is 20.4 Å². The normalized spacial score (nSPS) is 25.5. The summed E-state index contributed by atoms with van der Waals surface area (Å²) in [6.07, 6.45) is -3.26. The Morgan fingerprint density at radius 3 is 2.73 bits per heavy atom. The van der Waals surface area contributed by atoms with Crippen LogP contribution in [0.3, 0.4) is 0 Å². The molecule has 1 aliphatic carbocycles. The summed E-state index contributed by atoms with van der Waals surface area (Å²) in [5.41, 5.74) is 1.05. The van der Waals surface area contributed by atoms with Crippen LogP contribution in [0.2, 0.25) is 5.02 Å². The van der Waals surface area contributed by atoms with Crippen LogP contribution < -0.4 is 5.32 Å². The van der Waals surface area contributed by atoms with Gasteiger partial charge in [0.05, 0.1) is 41.8 Å². The van der Waals surface area contributed by atoms with Crippen molar-refractivity contribution in [3.63, 3.8) is 0 Å². The molecule has 1 saturated carbocycles. The van der Waals surface area contributed by atoms with E-state index >= 15 is 0 Å². The number of ether oxygens (including phenoxy) is 3. The number of halogens is 5. The first-order chi connectivity index (χ1) is 15.7. The highest BCUT2D eigenvalue weighted by molar-refractivity contribution is 6.30. The fourth-order valence-electron chi connectivity index (χ4n) is 3.68. The van der Waals surface area contributed by atoms with E-state index in [1.807, 2.05) is 0 Å². The number of aromatic nitrogens is 3. The van der Waals surface area contributed by atoms with Crippen molar-refractivity contribution in [2.24, 2.45) is 0 Å². The summed E-state index contributed by atoms with van der Waals surface area (Å²) in [7, 11) is 0. The first kappa shape index (κ1) is 23.9. The van der Waals surface area contributed by atoms with Gasteiger partial charge in [-0.1, -0.05) is 16.8 Å². The quantitative estimate of drug-likeness (QED) is 0.595. The van der Waals surface area contributed by atoms with Gasteiger partial charge in [-0.3, -0.25) is 9.53 Å². The van der Waals surface area contributed by atoms with Crippen LogP contribution in [0.5, 0.6) is 0 Å². The maximum atomic E-state index is 13.7. The van der Waals surface area contributed by atoms with Gasteiger partial charge in [0.25, 0.3) is 0 Å². The lowest BCUT2D eigenvalue weighted by molar-refractivity contribution is -0.357. The molecule has 33 heavy (non-hydrogen) atoms. The molecule has 2 fully saturated rings. The third kappa shape index (κ3) is 6.40. The van der Waals surface area contributed by atoms with E-state index in [0.717, 1.165) is 0 Å². The highest BCUT2D eigenvalue weighted by Crippen LogP contribution is 2.32. The lowest BCUT2D eigenvalue weighted by Gasteiger charge is -2.35. The molecule has 4 rings (SSSR count). The van der Waals surface area contributed by atoms with Gasteiger partial charge in [-0.15, -0.1) is 18.3 Å². The Morgan fingerprint density at radius 1 is 1.27 bits per heavy atom. The van der Waals surface area contributed by atoms with Crippen molar-refractivity contribution in [1.29, 1.82) is 0 Å². The third-order valence-corrected chi connectivity index (χ3v) is 5.76. The maximum Gasteiger partial charge on any atom is 0.522 e. The summed E-state index contributed by atoms with van der Waals surface area (Å²) in [5.74, 6) is -0.924. The van der Waals surface area contributed by atoms with E-state index in [4.69, 9.17) is 21.1 Å². The number of nitrogens with one attached hydrogen (secondary N) is 1. The Kier molecular flexibility index (Phi) is 7.17. The number of hydrogen-bond acceptors (Lipinski definition) is 6. The number of rotatable bonds is 7. The average Bonchev–Trinajstić information content (AvgIpc) is 3.21. The minimum Gasteiger partial charge on any atom is -0.370 e. The molecule has 0 bridgehead atoms. The first-order valence-electron chi connectivity index (χ1n) is 10.3. The molecule has 1 saturated heterocycles. The molecule has 1 aromatic heterocycles. The largest absolute Gasteiger partial charge is 0.522 e. The Hall–Kier alpha value is -2.28. The van der Waals surface area contributed by atoms with E-state index in [9.17, 15) is 22.4 Å². The molecule has 1 aliphatic heterocycles. The Labute approximate surface area is 191 Å². The molecule has 0 spiro atoms. The molecule has 0 unspecified atom stereocenters. The number of benzene rings is 1. The summed E-state index contributed by atoms with van der Waals surface area (Å²) >= 11 is 5.70. The van der Waals surface area contributed by atoms with Gasteiger partial charge >= 0.3 is 6.36 Å². The van der Waals surface area contributed by atoms with Crippen molar-refractivity contribution >= 4 is 17.5 Å². The molecule has 0 radical (unpaired) electrons. The highest BCUT2D eigenvalue weighted by Gasteiger charge is 2.40. The van der Waals surface area contributed by atoms with Crippen LogP contribution in [0.15, 0.2) is 24.4 Å². The van der Waals surface area contributed by atoms with Crippen molar-refractivity contribution < 1.29 is 36.6 Å². The Balaban J connectivity index is 1.17. The number of alkyl halides is 3. The zero-order valence-electron chi connectivity index (χ0n) is 17.2. The van der Waals surface area contributed by atoms with Crippen molar-refractivity contribution in [3.05, 3.63) is 40.9 Å². The molecule has 1 N–H and O–H groups in total. The van der Waals surface area contributed by atoms with E-state index in [0.29, 0.717) is 24.2 Å². The number of nitrogens with zero attached hydrogens (tertiary/aromatic N) is 3. The number of carbonyl (C=O) groups is 1. The fraction of sp³-hybridized carbons (Fsp3) is 0.550. The van der Waals surface area contributed by atoms with Crippen molar-refractivity contribution in [3.8, 4) is 5.69 Å². The van der Waals surface area contributed by atoms with E-state index in [1.165, 1.54) is 16.8 Å². The molecule has 13 heteroatoms. The summed E-state index contributed by atoms with van der Waals surface area (Å²) in [6.45, 7) is 0.0130. The Morgan fingerprint density at radius 2 is 2.06 bits per heavy atom. The molecule has 1 amide bonds. The third-order valence-electron chi connectivity index (χ3n) is 5.45. The predicted octanol–water partition coefficient (Wildman–Crippen LogP) is 3.48. The summed E-state index contributed by atoms with van der Waals surface area (Å²) < 4.78 is 66.4. The zero-order valence-corrected chi connectivity index (χ0v) is 18.0. The van der Waals surface area contributed by atoms with Crippen molar-refractivity contribution in [2.75, 3.05) is 13.2 Å². The first-order valence-corrected chi connectivity index (χ1v) is 10.7. The summed E-state index contributed by atoms with van der Waals surface area (Å²) in [4.78, 5) is 12.1. The zero-order chi connectivity index (χ0) is 23.6. The lowest BCUT2D eigenvalue weighted by Crippen LogP contribution is -2.45. The van der Waals surface area contributed by atoms with Gasteiger partial charge in [-0.2, -0.15) is 0 Å². The second-order valence-corrected chi connectivity index (χ2v) is 8.35. The highest BCUT2D eigenvalue weighted by atomic mass is 35.5. The lowest BCUT2D eigenvalue weighted by atomic mass is 9.92. The van der Waals surface area contributed by atoms with Gasteiger partial charge in [-0.25, -0.2) is 9.07 Å². The smallest absolute Gasteiger partial charge is 0.370 e. The summed E-state index contributed by atoms with van der Waals surface area (Å²) in [5, 5.41) is 10.9. The molecular formula is C20H21ClF4N4O4. The molecule has 2 heterocycles. The Bertz CT molecular complexity index is 975. The SMILES string of the molecule is O=C(COC1CC(OC(F)(F)F)C1)N[C@H]1CC[C@H](c2cn(-c3ccc(Cl)c(F)c3)nn2)OC1. The second kappa shape index (κ2) is 9.92. The van der Waals surface area contributed by atoms with E-state index < -0.39 is 24.4 Å². The predicted molar refractivity (Wildman–Crippen MR) is 106 cm³/mol. The van der Waals surface area contributed by atoms with E-state index in [1.54, 1.807) is 12.3 Å².